The summed E-state index contributed by atoms with van der Waals surface area (Å²) in [6.07, 6.45) is 4.13. The molecule has 2 aromatic carbocycles. The second kappa shape index (κ2) is 7.86. The number of hydrogen-bond acceptors (Lipinski definition) is 2. The van der Waals surface area contributed by atoms with E-state index >= 15 is 0 Å². The Kier molecular flexibility index (Phi) is 5.71. The lowest BCUT2D eigenvalue weighted by Crippen LogP contribution is -2.55. The summed E-state index contributed by atoms with van der Waals surface area (Å²) in [5.74, 6) is -0.409. The fourth-order valence-electron chi connectivity index (χ4n) is 4.05. The van der Waals surface area contributed by atoms with Crippen molar-refractivity contribution in [3.8, 4) is 0 Å². The Morgan fingerprint density at radius 3 is 2.04 bits per heavy atom. The highest BCUT2D eigenvalue weighted by Crippen LogP contribution is 2.25. The van der Waals surface area contributed by atoms with Crippen molar-refractivity contribution in [2.75, 3.05) is 0 Å². The Morgan fingerprint density at radius 2 is 1.48 bits per heavy atom. The molecule has 0 aliphatic rings. The van der Waals surface area contributed by atoms with Gasteiger partial charge in [-0.1, -0.05) is 60.3 Å². The van der Waals surface area contributed by atoms with Crippen LogP contribution in [-0.2, 0) is 12.2 Å². The van der Waals surface area contributed by atoms with Crippen LogP contribution in [0.5, 0.6) is 0 Å². The molecule has 7 heteroatoms. The van der Waals surface area contributed by atoms with E-state index in [4.69, 9.17) is 0 Å². The zero-order valence-electron chi connectivity index (χ0n) is 16.0. The van der Waals surface area contributed by atoms with Crippen molar-refractivity contribution in [2.45, 2.75) is 37.5 Å². The molecule has 0 N–H and O–H groups in total. The van der Waals surface area contributed by atoms with Crippen molar-refractivity contribution in [3.05, 3.63) is 78.4 Å². The number of nitrogens with zero attached hydrogens (tertiary/aromatic N) is 3. The number of aromatic nitrogens is 3. The first-order valence-corrected chi connectivity index (χ1v) is 15.4. The second-order valence-corrected chi connectivity index (χ2v) is 18.4. The highest BCUT2D eigenvalue weighted by atomic mass is 28.4. The van der Waals surface area contributed by atoms with Gasteiger partial charge in [-0.25, -0.2) is 13.8 Å². The molecule has 1 unspecified atom stereocenters. The molecule has 0 saturated carbocycles. The molecule has 1 aromatic heterocycles. The van der Waals surface area contributed by atoms with E-state index in [-0.39, 0.29) is 11.6 Å². The first kappa shape index (κ1) is 19.6. The first-order chi connectivity index (χ1) is 12.8. The monoisotopic (exact) mass is 401 g/mol. The maximum atomic E-state index is 13.5. The molecule has 0 bridgehead atoms. The molecule has 0 spiro atoms. The second-order valence-electron chi connectivity index (χ2n) is 8.30. The molecule has 3 rings (SSSR count). The maximum absolute atomic E-state index is 13.5. The van der Waals surface area contributed by atoms with Gasteiger partial charge in [0.05, 0.1) is 0 Å². The topological polar surface area (TPSA) is 30.7 Å². The molecule has 1 heterocycles. The Balaban J connectivity index is 1.87. The lowest BCUT2D eigenvalue weighted by molar-refractivity contribution is 0.627. The van der Waals surface area contributed by atoms with Crippen molar-refractivity contribution >= 4 is 21.3 Å². The summed E-state index contributed by atoms with van der Waals surface area (Å²) in [5.41, 5.74) is 2.31. The number of benzene rings is 2. The van der Waals surface area contributed by atoms with Gasteiger partial charge in [0, 0.05) is 14.2 Å². The molecule has 142 valence electrons. The lowest BCUT2D eigenvalue weighted by Gasteiger charge is -2.35. The lowest BCUT2D eigenvalue weighted by atomic mass is 10.2. The minimum Gasteiger partial charge on any atom is -0.256 e. The standard InChI is InChI=1S/C20H25F2N3Si2/c1-26(2,12-17-4-6-18(21)7-5-17)16-27(3,15-25-14-23-13-24-25)20-10-8-19(22)9-11-20/h4-11,13-14H,12,15-16H2,1-3H3. The average Bonchev–Trinajstić information content (AvgIpc) is 3.09. The van der Waals surface area contributed by atoms with Crippen molar-refractivity contribution in [2.24, 2.45) is 0 Å². The zero-order chi connectivity index (χ0) is 19.5. The predicted molar refractivity (Wildman–Crippen MR) is 110 cm³/mol. The summed E-state index contributed by atoms with van der Waals surface area (Å²) in [4.78, 5) is 4.08. The van der Waals surface area contributed by atoms with E-state index in [1.54, 1.807) is 24.8 Å². The van der Waals surface area contributed by atoms with E-state index in [2.05, 4.69) is 29.7 Å². The zero-order valence-corrected chi connectivity index (χ0v) is 18.0. The van der Waals surface area contributed by atoms with Crippen molar-refractivity contribution in [1.82, 2.24) is 14.8 Å². The Hall–Kier alpha value is -2.13. The molecule has 3 aromatic rings. The molecular weight excluding hydrogens is 376 g/mol. The van der Waals surface area contributed by atoms with Gasteiger partial charge in [-0.05, 0) is 30.3 Å². The van der Waals surface area contributed by atoms with Gasteiger partial charge in [0.25, 0.3) is 0 Å². The van der Waals surface area contributed by atoms with Crippen LogP contribution in [0.1, 0.15) is 5.56 Å². The van der Waals surface area contributed by atoms with Crippen molar-refractivity contribution in [1.29, 1.82) is 0 Å². The van der Waals surface area contributed by atoms with Gasteiger partial charge in [0.1, 0.15) is 32.4 Å². The molecule has 0 saturated heterocycles. The summed E-state index contributed by atoms with van der Waals surface area (Å²) < 4.78 is 28.6. The average molecular weight is 402 g/mol. The van der Waals surface area contributed by atoms with Gasteiger partial charge in [-0.2, -0.15) is 5.10 Å². The minimum atomic E-state index is -1.97. The van der Waals surface area contributed by atoms with E-state index in [1.165, 1.54) is 22.9 Å². The van der Waals surface area contributed by atoms with Crippen LogP contribution in [0.2, 0.25) is 25.3 Å². The largest absolute Gasteiger partial charge is 0.256 e. The molecule has 0 radical (unpaired) electrons. The maximum Gasteiger partial charge on any atom is 0.137 e. The SMILES string of the molecule is C[Si](C)(Cc1ccc(F)cc1)C[Si](C)(Cn1cncn1)c1ccc(F)cc1. The Labute approximate surface area is 161 Å². The number of hydrogen-bond donors (Lipinski definition) is 0. The van der Waals surface area contributed by atoms with E-state index in [1.807, 2.05) is 28.9 Å². The first-order valence-electron chi connectivity index (χ1n) is 9.09. The van der Waals surface area contributed by atoms with Crippen LogP contribution in [0.15, 0.2) is 61.2 Å². The highest BCUT2D eigenvalue weighted by molar-refractivity contribution is 7.01. The summed E-state index contributed by atoms with van der Waals surface area (Å²) >= 11 is 0. The highest BCUT2D eigenvalue weighted by Gasteiger charge is 2.38. The van der Waals surface area contributed by atoms with Gasteiger partial charge in [-0.15, -0.1) is 0 Å². The number of rotatable bonds is 7. The van der Waals surface area contributed by atoms with Crippen LogP contribution >= 0.6 is 0 Å². The van der Waals surface area contributed by atoms with E-state index in [0.29, 0.717) is 0 Å². The molecule has 27 heavy (non-hydrogen) atoms. The smallest absolute Gasteiger partial charge is 0.137 e. The van der Waals surface area contributed by atoms with Crippen LogP contribution in [0, 0.1) is 11.6 Å². The van der Waals surface area contributed by atoms with Crippen LogP contribution in [0.3, 0.4) is 0 Å². The minimum absolute atomic E-state index is 0.199. The van der Waals surface area contributed by atoms with Gasteiger partial charge in [-0.3, -0.25) is 4.68 Å². The molecule has 0 amide bonds. The normalized spacial score (nSPS) is 14.1. The summed E-state index contributed by atoms with van der Waals surface area (Å²) in [6, 6.07) is 14.8. The van der Waals surface area contributed by atoms with Gasteiger partial charge < -0.3 is 0 Å². The third-order valence-electron chi connectivity index (χ3n) is 4.98. The van der Waals surface area contributed by atoms with E-state index in [9.17, 15) is 8.78 Å². The molecule has 3 nitrogen and oxygen atoms in total. The van der Waals surface area contributed by atoms with E-state index in [0.717, 1.165) is 17.9 Å². The quantitative estimate of drug-likeness (QED) is 0.558. The third kappa shape index (κ3) is 5.20. The summed E-state index contributed by atoms with van der Waals surface area (Å²) in [7, 11) is -3.61. The predicted octanol–water partition coefficient (Wildman–Crippen LogP) is 4.11. The van der Waals surface area contributed by atoms with Crippen molar-refractivity contribution in [3.63, 3.8) is 0 Å². The summed E-state index contributed by atoms with van der Waals surface area (Å²) in [6.45, 7) is 7.11. The van der Waals surface area contributed by atoms with Gasteiger partial charge in [0.2, 0.25) is 0 Å². The summed E-state index contributed by atoms with van der Waals surface area (Å²) in [5, 5.41) is 5.54. The van der Waals surface area contributed by atoms with Gasteiger partial charge in [0.15, 0.2) is 0 Å². The van der Waals surface area contributed by atoms with Crippen molar-refractivity contribution < 1.29 is 8.78 Å². The Bertz CT molecular complexity index is 865. The number of halogens is 2. The molecule has 0 aliphatic heterocycles. The van der Waals surface area contributed by atoms with E-state index < -0.39 is 16.1 Å². The molecular formula is C20H25F2N3Si2. The fraction of sp³-hybridized carbons (Fsp3) is 0.300. The van der Waals surface area contributed by atoms with Crippen LogP contribution in [-0.4, -0.2) is 30.9 Å². The Morgan fingerprint density at radius 1 is 0.889 bits per heavy atom. The van der Waals surface area contributed by atoms with Crippen LogP contribution in [0.4, 0.5) is 8.78 Å². The third-order valence-corrected chi connectivity index (χ3v) is 16.0. The molecule has 1 atom stereocenters. The van der Waals surface area contributed by atoms with Gasteiger partial charge >= 0.3 is 0 Å². The van der Waals surface area contributed by atoms with Crippen LogP contribution in [0.25, 0.3) is 0 Å². The molecule has 0 aliphatic carbocycles. The molecule has 0 fully saturated rings. The van der Waals surface area contributed by atoms with Crippen LogP contribution < -0.4 is 5.19 Å². The fourth-order valence-corrected chi connectivity index (χ4v) is 17.6.